The summed E-state index contributed by atoms with van der Waals surface area (Å²) < 4.78 is 2.12. The van der Waals surface area contributed by atoms with E-state index >= 15 is 0 Å². The summed E-state index contributed by atoms with van der Waals surface area (Å²) in [6.07, 6.45) is 5.66. The van der Waals surface area contributed by atoms with Crippen LogP contribution in [0.5, 0.6) is 0 Å². The molecule has 0 unspecified atom stereocenters. The summed E-state index contributed by atoms with van der Waals surface area (Å²) in [5, 5.41) is 1.48. The van der Waals surface area contributed by atoms with E-state index in [9.17, 15) is 0 Å². The molecule has 36 heavy (non-hydrogen) atoms. The van der Waals surface area contributed by atoms with Crippen molar-refractivity contribution in [2.24, 2.45) is 0 Å². The summed E-state index contributed by atoms with van der Waals surface area (Å²) in [5.74, 6) is 0.834. The number of rotatable bonds is 9. The minimum absolute atomic E-state index is 0.0182. The van der Waals surface area contributed by atoms with Crippen LogP contribution >= 0.6 is 55.4 Å². The molecule has 190 valence electrons. The van der Waals surface area contributed by atoms with Gasteiger partial charge in [-0.2, -0.15) is 4.98 Å². The van der Waals surface area contributed by atoms with Crippen molar-refractivity contribution in [3.05, 3.63) is 73.8 Å². The van der Waals surface area contributed by atoms with Gasteiger partial charge in [-0.05, 0) is 64.8 Å². The van der Waals surface area contributed by atoms with Crippen LogP contribution in [0.3, 0.4) is 0 Å². The molecule has 0 saturated heterocycles. The summed E-state index contributed by atoms with van der Waals surface area (Å²) in [5.41, 5.74) is 4.61. The monoisotopic (exact) mass is 645 g/mol. The molecule has 0 radical (unpaired) electrons. The molecule has 2 aromatic carbocycles. The molecule has 4 rings (SSSR count). The van der Waals surface area contributed by atoms with Gasteiger partial charge in [0.1, 0.15) is 5.82 Å². The fourth-order valence-corrected chi connectivity index (χ4v) is 7.01. The topological polar surface area (TPSA) is 38.7 Å². The maximum atomic E-state index is 5.20. The molecule has 3 nitrogen and oxygen atoms in total. The van der Waals surface area contributed by atoms with E-state index in [4.69, 9.17) is 15.0 Å². The minimum Gasteiger partial charge on any atom is -0.206 e. The van der Waals surface area contributed by atoms with Crippen molar-refractivity contribution in [3.63, 3.8) is 0 Å². The van der Waals surface area contributed by atoms with Gasteiger partial charge in [0.25, 0.3) is 0 Å². The van der Waals surface area contributed by atoms with Gasteiger partial charge in [0.05, 0.1) is 5.41 Å². The first-order chi connectivity index (χ1) is 17.0. The molecule has 0 saturated carbocycles. The van der Waals surface area contributed by atoms with Crippen LogP contribution in [-0.4, -0.2) is 19.7 Å². The highest BCUT2D eigenvalue weighted by Crippen LogP contribution is 2.55. The summed E-state index contributed by atoms with van der Waals surface area (Å²) in [4.78, 5) is 16.2. The van der Waals surface area contributed by atoms with Gasteiger partial charge >= 0.3 is 0 Å². The number of halogens is 2. The summed E-state index contributed by atoms with van der Waals surface area (Å²) in [6, 6.07) is 13.3. The molecule has 0 aliphatic heterocycles. The van der Waals surface area contributed by atoms with Crippen molar-refractivity contribution in [1.29, 1.82) is 0 Å². The third kappa shape index (κ3) is 5.95. The van der Waals surface area contributed by atoms with Crippen molar-refractivity contribution >= 4 is 55.4 Å². The molecule has 0 N–H and O–H groups in total. The highest BCUT2D eigenvalue weighted by molar-refractivity contribution is 9.10. The second-order valence-corrected chi connectivity index (χ2v) is 15.2. The number of unbranched alkanes of at least 4 members (excludes halogenated alkanes) is 3. The lowest BCUT2D eigenvalue weighted by Gasteiger charge is -2.32. The van der Waals surface area contributed by atoms with Crippen molar-refractivity contribution in [2.75, 3.05) is 0 Å². The second kappa shape index (κ2) is 11.3. The predicted molar refractivity (Wildman–Crippen MR) is 162 cm³/mol. The Balaban J connectivity index is 2.01. The van der Waals surface area contributed by atoms with Crippen LogP contribution < -0.4 is 0 Å². The number of nitrogens with zero attached hydrogens (tertiary/aromatic N) is 3. The first-order valence-corrected chi connectivity index (χ1v) is 15.6. The summed E-state index contributed by atoms with van der Waals surface area (Å²) >= 11 is 10.7. The van der Waals surface area contributed by atoms with E-state index in [-0.39, 0.29) is 4.75 Å². The quantitative estimate of drug-likeness (QED) is 0.171. The molecular weight excluding hydrogens is 614 g/mol. The first-order valence-electron chi connectivity index (χ1n) is 12.4. The Labute approximate surface area is 241 Å². The average Bonchev–Trinajstić information content (AvgIpc) is 3.04. The Hall–Kier alpha value is -1.15. The highest BCUT2D eigenvalue weighted by atomic mass is 79.9. The van der Waals surface area contributed by atoms with E-state index in [1.54, 1.807) is 11.8 Å². The van der Waals surface area contributed by atoms with E-state index < -0.39 is 5.41 Å². The molecule has 1 aliphatic rings. The molecule has 0 amide bonds. The maximum Gasteiger partial charge on any atom is 0.196 e. The minimum atomic E-state index is -0.452. The van der Waals surface area contributed by atoms with Gasteiger partial charge in [-0.15, -0.1) is 0 Å². The normalized spacial score (nSPS) is 14.0. The predicted octanol–water partition coefficient (Wildman–Crippen LogP) is 10.2. The number of fused-ring (bicyclic) bond motifs is 3. The van der Waals surface area contributed by atoms with Crippen LogP contribution in [0.2, 0.25) is 0 Å². The summed E-state index contributed by atoms with van der Waals surface area (Å²) in [7, 11) is 0. The fourth-order valence-electron chi connectivity index (χ4n) is 4.84. The number of hydrogen-bond acceptors (Lipinski definition) is 5. The van der Waals surface area contributed by atoms with Gasteiger partial charge in [-0.25, -0.2) is 9.97 Å². The molecule has 1 heterocycles. The Morgan fingerprint density at radius 3 is 2.00 bits per heavy atom. The van der Waals surface area contributed by atoms with Crippen LogP contribution in [0.4, 0.5) is 0 Å². The van der Waals surface area contributed by atoms with Gasteiger partial charge in [0.2, 0.25) is 0 Å². The van der Waals surface area contributed by atoms with Gasteiger partial charge in [-0.3, -0.25) is 0 Å². The molecule has 0 atom stereocenters. The average molecular weight is 648 g/mol. The van der Waals surface area contributed by atoms with E-state index in [1.807, 2.05) is 6.92 Å². The molecule has 0 fully saturated rings. The Morgan fingerprint density at radius 1 is 0.889 bits per heavy atom. The molecule has 1 aromatic heterocycles. The van der Waals surface area contributed by atoms with Crippen molar-refractivity contribution in [2.45, 2.75) is 87.2 Å². The maximum absolute atomic E-state index is 5.20. The lowest BCUT2D eigenvalue weighted by Crippen LogP contribution is -2.30. The first kappa shape index (κ1) is 27.9. The Bertz CT molecular complexity index is 1230. The Morgan fingerprint density at radius 2 is 1.47 bits per heavy atom. The second-order valence-electron chi connectivity index (χ2n) is 10.3. The van der Waals surface area contributed by atoms with Crippen LogP contribution in [-0.2, 0) is 5.41 Å². The van der Waals surface area contributed by atoms with Gasteiger partial charge < -0.3 is 0 Å². The number of hydrogen-bond donors (Lipinski definition) is 0. The number of benzene rings is 2. The largest absolute Gasteiger partial charge is 0.206 e. The van der Waals surface area contributed by atoms with E-state index in [1.165, 1.54) is 53.3 Å². The number of allylic oxidation sites excluding steroid dienone is 1. The summed E-state index contributed by atoms with van der Waals surface area (Å²) in [6.45, 7) is 15.0. The van der Waals surface area contributed by atoms with Crippen LogP contribution in [0.15, 0.2) is 67.1 Å². The van der Waals surface area contributed by atoms with Crippen molar-refractivity contribution in [3.8, 4) is 11.1 Å². The van der Waals surface area contributed by atoms with Gasteiger partial charge in [0.15, 0.2) is 10.3 Å². The lowest BCUT2D eigenvalue weighted by atomic mass is 9.73. The SMILES string of the molecule is C=C(C)Sc1nc(SC(C)(C)C)nc(C2(CCCCCC)c3cc(Br)ccc3-c3ccc(Br)cc32)n1. The fraction of sp³-hybridized carbons (Fsp3) is 0.414. The van der Waals surface area contributed by atoms with Crippen LogP contribution in [0.25, 0.3) is 11.1 Å². The number of thioether (sulfide) groups is 2. The standard InChI is InChI=1S/C29H33Br2N3S2/c1-7-8-9-10-15-29(25-32-26(35-18(2)3)34-27(33-25)36-28(4,5)6)23-16-19(30)11-13-21(23)22-14-12-20(31)17-24(22)29/h11-14,16-17H,2,7-10,15H2,1,3-6H3. The third-order valence-electron chi connectivity index (χ3n) is 6.22. The van der Waals surface area contributed by atoms with Crippen molar-refractivity contribution < 1.29 is 0 Å². The van der Waals surface area contributed by atoms with Crippen molar-refractivity contribution in [1.82, 2.24) is 15.0 Å². The molecule has 3 aromatic rings. The Kier molecular flexibility index (Phi) is 8.75. The molecule has 7 heteroatoms. The smallest absolute Gasteiger partial charge is 0.196 e. The van der Waals surface area contributed by atoms with E-state index in [0.717, 1.165) is 37.7 Å². The third-order valence-corrected chi connectivity index (χ3v) is 8.90. The van der Waals surface area contributed by atoms with E-state index in [0.29, 0.717) is 5.16 Å². The van der Waals surface area contributed by atoms with Crippen LogP contribution in [0.1, 0.15) is 83.7 Å². The zero-order chi connectivity index (χ0) is 26.1. The van der Waals surface area contributed by atoms with Gasteiger partial charge in [0, 0.05) is 13.7 Å². The molecular formula is C29H33Br2N3S2. The van der Waals surface area contributed by atoms with Gasteiger partial charge in [-0.1, -0.05) is 127 Å². The highest BCUT2D eigenvalue weighted by Gasteiger charge is 2.47. The zero-order valence-corrected chi connectivity index (χ0v) is 26.4. The van der Waals surface area contributed by atoms with E-state index in [2.05, 4.69) is 103 Å². The number of aromatic nitrogens is 3. The molecule has 0 spiro atoms. The van der Waals surface area contributed by atoms with Crippen LogP contribution in [0, 0.1) is 0 Å². The lowest BCUT2D eigenvalue weighted by molar-refractivity contribution is 0.478. The molecule has 1 aliphatic carbocycles. The molecule has 0 bridgehead atoms. The zero-order valence-electron chi connectivity index (χ0n) is 21.6.